The van der Waals surface area contributed by atoms with Gasteiger partial charge in [-0.3, -0.25) is 5.32 Å². The number of ether oxygens (including phenoxy) is 1. The first-order chi connectivity index (χ1) is 7.24. The molecule has 0 bridgehead atoms. The minimum atomic E-state index is -0.156. The molecule has 0 aliphatic heterocycles. The highest BCUT2D eigenvalue weighted by atomic mass is 19.1. The van der Waals surface area contributed by atoms with Crippen LogP contribution in [0.1, 0.15) is 19.4 Å². The van der Waals surface area contributed by atoms with Gasteiger partial charge in [-0.05, 0) is 25.1 Å². The molecule has 0 aliphatic carbocycles. The molecule has 0 aromatic heterocycles. The van der Waals surface area contributed by atoms with Gasteiger partial charge < -0.3 is 4.74 Å². The summed E-state index contributed by atoms with van der Waals surface area (Å²) in [5.74, 6) is -0.156. The molecule has 0 aliphatic rings. The van der Waals surface area contributed by atoms with Crippen LogP contribution in [-0.2, 0) is 11.2 Å². The lowest BCUT2D eigenvalue weighted by molar-refractivity contribution is 0.0534. The second-order valence-corrected chi connectivity index (χ2v) is 3.52. The summed E-state index contributed by atoms with van der Waals surface area (Å²) in [5, 5.41) is 3.06. The molecule has 0 saturated carbocycles. The van der Waals surface area contributed by atoms with Crippen LogP contribution in [0.25, 0.3) is 0 Å². The van der Waals surface area contributed by atoms with Gasteiger partial charge in [-0.2, -0.15) is 0 Å². The van der Waals surface area contributed by atoms with Gasteiger partial charge in [0.2, 0.25) is 0 Å². The lowest BCUT2D eigenvalue weighted by Crippen LogP contribution is -2.23. The van der Waals surface area contributed by atoms with Crippen LogP contribution in [0.15, 0.2) is 24.3 Å². The molecule has 84 valence electrons. The lowest BCUT2D eigenvalue weighted by atomic mass is 10.1. The van der Waals surface area contributed by atoms with Gasteiger partial charge in [0, 0.05) is 6.42 Å². The molecule has 0 saturated heterocycles. The highest BCUT2D eigenvalue weighted by Crippen LogP contribution is 2.10. The Labute approximate surface area is 90.4 Å². The van der Waals surface area contributed by atoms with E-state index in [9.17, 15) is 4.39 Å². The van der Waals surface area contributed by atoms with E-state index >= 15 is 0 Å². The maximum atomic E-state index is 13.3. The maximum absolute atomic E-state index is 13.3. The third-order valence-corrected chi connectivity index (χ3v) is 2.19. The van der Waals surface area contributed by atoms with Crippen molar-refractivity contribution in [2.24, 2.45) is 0 Å². The largest absolute Gasteiger partial charge is 0.363 e. The zero-order valence-corrected chi connectivity index (χ0v) is 9.29. The van der Waals surface area contributed by atoms with Gasteiger partial charge in [0.1, 0.15) is 5.82 Å². The number of nitrogens with one attached hydrogen (secondary N) is 1. The van der Waals surface area contributed by atoms with E-state index in [4.69, 9.17) is 4.74 Å². The van der Waals surface area contributed by atoms with Crippen LogP contribution >= 0.6 is 0 Å². The second-order valence-electron chi connectivity index (χ2n) is 3.52. The molecule has 1 N–H and O–H groups in total. The van der Waals surface area contributed by atoms with E-state index in [1.54, 1.807) is 12.1 Å². The maximum Gasteiger partial charge on any atom is 0.126 e. The summed E-state index contributed by atoms with van der Waals surface area (Å²) in [6.45, 7) is 5.37. The fourth-order valence-electron chi connectivity index (χ4n) is 1.34. The van der Waals surface area contributed by atoms with Crippen molar-refractivity contribution in [2.45, 2.75) is 26.4 Å². The number of hydrogen-bond donors (Lipinski definition) is 1. The molecule has 0 heterocycles. The van der Waals surface area contributed by atoms with Gasteiger partial charge >= 0.3 is 0 Å². The number of halogens is 1. The van der Waals surface area contributed by atoms with E-state index < -0.39 is 0 Å². The molecule has 0 fully saturated rings. The summed E-state index contributed by atoms with van der Waals surface area (Å²) in [7, 11) is 0. The van der Waals surface area contributed by atoms with Crippen LogP contribution in [0.2, 0.25) is 0 Å². The minimum Gasteiger partial charge on any atom is -0.363 e. The average Bonchev–Trinajstić information content (AvgIpc) is 2.22. The minimum absolute atomic E-state index is 0.0287. The lowest BCUT2D eigenvalue weighted by Gasteiger charge is -2.13. The van der Waals surface area contributed by atoms with Crippen LogP contribution in [0, 0.1) is 5.82 Å². The van der Waals surface area contributed by atoms with Gasteiger partial charge in [0.25, 0.3) is 0 Å². The van der Waals surface area contributed by atoms with Crippen LogP contribution in [0.5, 0.6) is 0 Å². The molecule has 2 nitrogen and oxygen atoms in total. The molecule has 1 aromatic carbocycles. The molecular weight excluding hydrogens is 193 g/mol. The zero-order valence-electron chi connectivity index (χ0n) is 9.29. The van der Waals surface area contributed by atoms with E-state index in [1.165, 1.54) is 6.07 Å². The van der Waals surface area contributed by atoms with Gasteiger partial charge in [0.05, 0.1) is 12.8 Å². The molecule has 0 amide bonds. The summed E-state index contributed by atoms with van der Waals surface area (Å²) in [6, 6.07) is 6.81. The molecule has 1 atom stereocenters. The summed E-state index contributed by atoms with van der Waals surface area (Å²) in [6.07, 6.45) is 0.638. The van der Waals surface area contributed by atoms with E-state index in [0.29, 0.717) is 18.7 Å². The molecule has 0 radical (unpaired) electrons. The Morgan fingerprint density at radius 3 is 2.80 bits per heavy atom. The predicted molar refractivity (Wildman–Crippen MR) is 59.2 cm³/mol. The van der Waals surface area contributed by atoms with Crippen LogP contribution in [-0.4, -0.2) is 19.4 Å². The highest BCUT2D eigenvalue weighted by Gasteiger charge is 2.06. The molecule has 3 heteroatoms. The van der Waals surface area contributed by atoms with E-state index in [1.807, 2.05) is 19.9 Å². The first-order valence-electron chi connectivity index (χ1n) is 5.29. The summed E-state index contributed by atoms with van der Waals surface area (Å²) in [5.41, 5.74) is 0.710. The third-order valence-electron chi connectivity index (χ3n) is 2.19. The third kappa shape index (κ3) is 4.40. The fraction of sp³-hybridized carbons (Fsp3) is 0.500. The Morgan fingerprint density at radius 2 is 2.13 bits per heavy atom. The van der Waals surface area contributed by atoms with Crippen LogP contribution in [0.4, 0.5) is 4.39 Å². The van der Waals surface area contributed by atoms with Crippen molar-refractivity contribution in [3.63, 3.8) is 0 Å². The second kappa shape index (κ2) is 6.53. The Morgan fingerprint density at radius 1 is 1.40 bits per heavy atom. The standard InChI is InChI=1S/C12H18FNO/c1-3-14-9-15-10(2)8-11-6-4-5-7-12(11)13/h4-7,10,14H,3,8-9H2,1-2H3. The summed E-state index contributed by atoms with van der Waals surface area (Å²) in [4.78, 5) is 0. The Kier molecular flexibility index (Phi) is 5.29. The monoisotopic (exact) mass is 211 g/mol. The van der Waals surface area contributed by atoms with E-state index in [-0.39, 0.29) is 11.9 Å². The number of rotatable bonds is 6. The first-order valence-corrected chi connectivity index (χ1v) is 5.29. The average molecular weight is 211 g/mol. The van der Waals surface area contributed by atoms with Gasteiger partial charge in [-0.15, -0.1) is 0 Å². The quantitative estimate of drug-likeness (QED) is 0.576. The fourth-order valence-corrected chi connectivity index (χ4v) is 1.34. The van der Waals surface area contributed by atoms with Gasteiger partial charge in [-0.25, -0.2) is 4.39 Å². The van der Waals surface area contributed by atoms with Crippen LogP contribution in [0.3, 0.4) is 0 Å². The zero-order chi connectivity index (χ0) is 11.1. The summed E-state index contributed by atoms with van der Waals surface area (Å²) >= 11 is 0. The Bertz CT molecular complexity index is 291. The van der Waals surface area contributed by atoms with Crippen molar-refractivity contribution < 1.29 is 9.13 Å². The van der Waals surface area contributed by atoms with Crippen LogP contribution < -0.4 is 5.32 Å². The number of hydrogen-bond acceptors (Lipinski definition) is 2. The van der Waals surface area contributed by atoms with Crippen molar-refractivity contribution in [3.8, 4) is 0 Å². The van der Waals surface area contributed by atoms with Crippen molar-refractivity contribution in [1.29, 1.82) is 0 Å². The number of benzene rings is 1. The molecule has 1 aromatic rings. The SMILES string of the molecule is CCNCOC(C)Cc1ccccc1F. The van der Waals surface area contributed by atoms with Crippen molar-refractivity contribution >= 4 is 0 Å². The highest BCUT2D eigenvalue weighted by molar-refractivity contribution is 5.17. The van der Waals surface area contributed by atoms with Crippen molar-refractivity contribution in [1.82, 2.24) is 5.32 Å². The van der Waals surface area contributed by atoms with Gasteiger partial charge in [-0.1, -0.05) is 25.1 Å². The summed E-state index contributed by atoms with van der Waals surface area (Å²) < 4.78 is 18.7. The van der Waals surface area contributed by atoms with E-state index in [0.717, 1.165) is 6.54 Å². The van der Waals surface area contributed by atoms with Crippen molar-refractivity contribution in [2.75, 3.05) is 13.3 Å². The predicted octanol–water partition coefficient (Wildman–Crippen LogP) is 2.34. The molecular formula is C12H18FNO. The Balaban J connectivity index is 2.37. The van der Waals surface area contributed by atoms with Crippen molar-refractivity contribution in [3.05, 3.63) is 35.6 Å². The van der Waals surface area contributed by atoms with Gasteiger partial charge in [0.15, 0.2) is 0 Å². The molecule has 15 heavy (non-hydrogen) atoms. The van der Waals surface area contributed by atoms with E-state index in [2.05, 4.69) is 5.32 Å². The molecule has 1 unspecified atom stereocenters. The topological polar surface area (TPSA) is 21.3 Å². The Hall–Kier alpha value is -0.930. The molecule has 1 rings (SSSR count). The smallest absolute Gasteiger partial charge is 0.126 e. The normalized spacial score (nSPS) is 12.7. The molecule has 0 spiro atoms. The first kappa shape index (κ1) is 12.1.